The Bertz CT molecular complexity index is 269. The fourth-order valence-corrected chi connectivity index (χ4v) is 1.69. The summed E-state index contributed by atoms with van der Waals surface area (Å²) in [6, 6.07) is 0. The molecule has 0 unspecified atom stereocenters. The van der Waals surface area contributed by atoms with Gasteiger partial charge in [-0.25, -0.2) is 4.98 Å². The zero-order chi connectivity index (χ0) is 9.90. The lowest BCUT2D eigenvalue weighted by atomic mass is 10.3. The van der Waals surface area contributed by atoms with Gasteiger partial charge < -0.3 is 5.73 Å². The maximum atomic E-state index is 11.9. The number of hydrogen-bond acceptors (Lipinski definition) is 3. The van der Waals surface area contributed by atoms with E-state index in [1.165, 1.54) is 16.7 Å². The van der Waals surface area contributed by atoms with Gasteiger partial charge in [0.05, 0.1) is 17.1 Å². The minimum absolute atomic E-state index is 0.0842. The Hall–Kier alpha value is -0.620. The average molecular weight is 210 g/mol. The third-order valence-corrected chi connectivity index (χ3v) is 2.30. The summed E-state index contributed by atoms with van der Waals surface area (Å²) in [5.74, 6) is 0. The van der Waals surface area contributed by atoms with E-state index in [0.717, 1.165) is 0 Å². The first-order chi connectivity index (χ1) is 6.01. The van der Waals surface area contributed by atoms with E-state index in [4.69, 9.17) is 5.73 Å². The van der Waals surface area contributed by atoms with Crippen LogP contribution in [-0.2, 0) is 12.8 Å². The van der Waals surface area contributed by atoms with Crippen molar-refractivity contribution in [3.05, 3.63) is 16.1 Å². The highest BCUT2D eigenvalue weighted by Crippen LogP contribution is 2.22. The van der Waals surface area contributed by atoms with Crippen LogP contribution in [-0.4, -0.2) is 17.7 Å². The van der Waals surface area contributed by atoms with E-state index in [2.05, 4.69) is 4.98 Å². The van der Waals surface area contributed by atoms with Crippen LogP contribution < -0.4 is 5.73 Å². The summed E-state index contributed by atoms with van der Waals surface area (Å²) in [4.78, 5) is 3.80. The van der Waals surface area contributed by atoms with Gasteiger partial charge in [0.15, 0.2) is 0 Å². The zero-order valence-electron chi connectivity index (χ0n) is 6.77. The van der Waals surface area contributed by atoms with Gasteiger partial charge in [-0.1, -0.05) is 0 Å². The number of halogens is 3. The number of rotatable bonds is 3. The van der Waals surface area contributed by atoms with Crippen molar-refractivity contribution in [1.82, 2.24) is 4.98 Å². The summed E-state index contributed by atoms with van der Waals surface area (Å²) in [5.41, 5.74) is 5.33. The Labute approximate surface area is 77.6 Å². The third-order valence-electron chi connectivity index (χ3n) is 1.34. The molecule has 0 aliphatic carbocycles. The first-order valence-electron chi connectivity index (χ1n) is 3.71. The second-order valence-electron chi connectivity index (χ2n) is 2.56. The van der Waals surface area contributed by atoms with Crippen molar-refractivity contribution in [3.63, 3.8) is 0 Å². The molecule has 1 heterocycles. The van der Waals surface area contributed by atoms with Crippen molar-refractivity contribution in [3.8, 4) is 0 Å². The molecule has 1 aromatic heterocycles. The van der Waals surface area contributed by atoms with Gasteiger partial charge in [-0.3, -0.25) is 0 Å². The molecule has 13 heavy (non-hydrogen) atoms. The van der Waals surface area contributed by atoms with E-state index in [1.807, 2.05) is 0 Å². The van der Waals surface area contributed by atoms with Crippen molar-refractivity contribution >= 4 is 11.3 Å². The lowest BCUT2D eigenvalue weighted by Crippen LogP contribution is -2.12. The number of aromatic nitrogens is 1. The van der Waals surface area contributed by atoms with Crippen LogP contribution in [0.4, 0.5) is 13.2 Å². The molecule has 0 atom stereocenters. The summed E-state index contributed by atoms with van der Waals surface area (Å²) in [7, 11) is 0. The van der Waals surface area contributed by atoms with Gasteiger partial charge in [0.1, 0.15) is 0 Å². The Kier molecular flexibility index (Phi) is 3.27. The molecule has 6 heteroatoms. The Balaban J connectivity index is 2.59. The Morgan fingerprint density at radius 1 is 1.46 bits per heavy atom. The number of hydrogen-bond donors (Lipinski definition) is 1. The molecule has 0 aromatic carbocycles. The number of nitrogens with zero attached hydrogens (tertiary/aromatic N) is 1. The summed E-state index contributed by atoms with van der Waals surface area (Å²) < 4.78 is 35.6. The molecule has 0 amide bonds. The van der Waals surface area contributed by atoms with Crippen molar-refractivity contribution in [2.75, 3.05) is 6.54 Å². The van der Waals surface area contributed by atoms with Gasteiger partial charge >= 0.3 is 6.18 Å². The molecule has 74 valence electrons. The normalized spacial score (nSPS) is 12.0. The largest absolute Gasteiger partial charge is 0.394 e. The molecule has 0 saturated carbocycles. The maximum absolute atomic E-state index is 11.9. The molecule has 0 aliphatic heterocycles. The molecule has 0 spiro atoms. The first kappa shape index (κ1) is 10.5. The average Bonchev–Trinajstić information content (AvgIpc) is 2.33. The smallest absolute Gasteiger partial charge is 0.330 e. The van der Waals surface area contributed by atoms with Crippen LogP contribution in [0.2, 0.25) is 0 Å². The van der Waals surface area contributed by atoms with E-state index >= 15 is 0 Å². The van der Waals surface area contributed by atoms with Crippen LogP contribution in [0.15, 0.2) is 5.38 Å². The van der Waals surface area contributed by atoms with Crippen LogP contribution in [0, 0.1) is 0 Å². The summed E-state index contributed by atoms with van der Waals surface area (Å²) in [6.45, 7) is 0.416. The number of alkyl halides is 3. The van der Waals surface area contributed by atoms with Crippen molar-refractivity contribution < 1.29 is 13.2 Å². The van der Waals surface area contributed by atoms with Crippen molar-refractivity contribution in [2.24, 2.45) is 5.73 Å². The molecule has 2 N–H and O–H groups in total. The van der Waals surface area contributed by atoms with E-state index in [1.54, 1.807) is 0 Å². The predicted molar refractivity (Wildman–Crippen MR) is 44.6 cm³/mol. The summed E-state index contributed by atoms with van der Waals surface area (Å²) in [5, 5.41) is 2.10. The van der Waals surface area contributed by atoms with Crippen molar-refractivity contribution in [1.29, 1.82) is 0 Å². The molecular weight excluding hydrogens is 201 g/mol. The fraction of sp³-hybridized carbons (Fsp3) is 0.571. The molecule has 0 fully saturated rings. The minimum atomic E-state index is -4.17. The molecule has 1 rings (SSSR count). The monoisotopic (exact) mass is 210 g/mol. The van der Waals surface area contributed by atoms with Crippen LogP contribution >= 0.6 is 11.3 Å². The standard InChI is InChI=1S/C7H9F3N2S/c8-7(9,10)3-5-4-13-6(12-5)1-2-11/h4H,1-3,11H2. The lowest BCUT2D eigenvalue weighted by Gasteiger charge is -2.01. The number of thiazole rings is 1. The molecule has 0 saturated heterocycles. The molecule has 2 nitrogen and oxygen atoms in total. The van der Waals surface area contributed by atoms with Gasteiger partial charge in [0.2, 0.25) is 0 Å². The molecule has 1 aromatic rings. The zero-order valence-corrected chi connectivity index (χ0v) is 7.58. The van der Waals surface area contributed by atoms with Crippen LogP contribution in [0.1, 0.15) is 10.7 Å². The van der Waals surface area contributed by atoms with Gasteiger partial charge in [-0.15, -0.1) is 11.3 Å². The highest BCUT2D eigenvalue weighted by Gasteiger charge is 2.28. The van der Waals surface area contributed by atoms with Crippen LogP contribution in [0.25, 0.3) is 0 Å². The van der Waals surface area contributed by atoms with Gasteiger partial charge in [0.25, 0.3) is 0 Å². The summed E-state index contributed by atoms with van der Waals surface area (Å²) in [6.07, 6.45) is -4.58. The first-order valence-corrected chi connectivity index (χ1v) is 4.59. The van der Waals surface area contributed by atoms with E-state index < -0.39 is 12.6 Å². The maximum Gasteiger partial charge on any atom is 0.394 e. The van der Waals surface area contributed by atoms with E-state index in [0.29, 0.717) is 18.0 Å². The Morgan fingerprint density at radius 3 is 2.69 bits per heavy atom. The topological polar surface area (TPSA) is 38.9 Å². The molecule has 0 bridgehead atoms. The molecular formula is C7H9F3N2S. The van der Waals surface area contributed by atoms with Crippen LogP contribution in [0.5, 0.6) is 0 Å². The van der Waals surface area contributed by atoms with Gasteiger partial charge in [0, 0.05) is 11.8 Å². The minimum Gasteiger partial charge on any atom is -0.330 e. The fourth-order valence-electron chi connectivity index (χ4n) is 0.874. The number of nitrogens with two attached hydrogens (primary N) is 1. The third kappa shape index (κ3) is 3.73. The lowest BCUT2D eigenvalue weighted by molar-refractivity contribution is -0.127. The molecule has 0 aliphatic rings. The quantitative estimate of drug-likeness (QED) is 0.825. The van der Waals surface area contributed by atoms with Crippen molar-refractivity contribution in [2.45, 2.75) is 19.0 Å². The predicted octanol–water partition coefficient (Wildman–Crippen LogP) is 1.75. The second kappa shape index (κ2) is 4.06. The Morgan fingerprint density at radius 2 is 2.15 bits per heavy atom. The highest BCUT2D eigenvalue weighted by molar-refractivity contribution is 7.09. The highest BCUT2D eigenvalue weighted by atomic mass is 32.1. The van der Waals surface area contributed by atoms with E-state index in [9.17, 15) is 13.2 Å². The van der Waals surface area contributed by atoms with E-state index in [-0.39, 0.29) is 5.69 Å². The molecule has 0 radical (unpaired) electrons. The van der Waals surface area contributed by atoms with Gasteiger partial charge in [-0.2, -0.15) is 13.2 Å². The second-order valence-corrected chi connectivity index (χ2v) is 3.51. The van der Waals surface area contributed by atoms with Crippen LogP contribution in [0.3, 0.4) is 0 Å². The SMILES string of the molecule is NCCc1nc(CC(F)(F)F)cs1. The van der Waals surface area contributed by atoms with Gasteiger partial charge in [-0.05, 0) is 6.54 Å². The summed E-state index contributed by atoms with van der Waals surface area (Å²) >= 11 is 1.22.